The molecule has 2 aromatic rings. The molecule has 100 valence electrons. The highest BCUT2D eigenvalue weighted by Crippen LogP contribution is 2.23. The van der Waals surface area contributed by atoms with Crippen molar-refractivity contribution < 1.29 is 4.74 Å². The number of nitrogens with two attached hydrogens (primary N) is 1. The Morgan fingerprint density at radius 1 is 1.21 bits per heavy atom. The van der Waals surface area contributed by atoms with Crippen molar-refractivity contribution in [2.75, 3.05) is 12.8 Å². The minimum atomic E-state index is -0.277. The number of rotatable bonds is 5. The number of ether oxygens (including phenoxy) is 1. The molecule has 0 saturated heterocycles. The SMILES string of the molecule is CCCc1cc(N)nc(C(OC)c2ccccc2)n1. The molecule has 0 aliphatic rings. The van der Waals surface area contributed by atoms with Crippen molar-refractivity contribution in [1.29, 1.82) is 0 Å². The Morgan fingerprint density at radius 2 is 1.95 bits per heavy atom. The van der Waals surface area contributed by atoms with Crippen molar-refractivity contribution >= 4 is 5.82 Å². The van der Waals surface area contributed by atoms with Crippen molar-refractivity contribution in [3.63, 3.8) is 0 Å². The van der Waals surface area contributed by atoms with E-state index < -0.39 is 0 Å². The second kappa shape index (κ2) is 6.29. The summed E-state index contributed by atoms with van der Waals surface area (Å²) in [6.45, 7) is 2.11. The van der Waals surface area contributed by atoms with Crippen LogP contribution in [0, 0.1) is 0 Å². The van der Waals surface area contributed by atoms with Crippen molar-refractivity contribution in [2.45, 2.75) is 25.9 Å². The number of nitrogens with zero attached hydrogens (tertiary/aromatic N) is 2. The zero-order valence-electron chi connectivity index (χ0n) is 11.3. The number of anilines is 1. The minimum Gasteiger partial charge on any atom is -0.384 e. The summed E-state index contributed by atoms with van der Waals surface area (Å²) in [6.07, 6.45) is 1.64. The number of methoxy groups -OCH3 is 1. The van der Waals surface area contributed by atoms with Gasteiger partial charge in [0.1, 0.15) is 11.9 Å². The van der Waals surface area contributed by atoms with E-state index in [0.29, 0.717) is 11.6 Å². The lowest BCUT2D eigenvalue weighted by Gasteiger charge is -2.15. The molecule has 0 spiro atoms. The maximum Gasteiger partial charge on any atom is 0.164 e. The fraction of sp³-hybridized carbons (Fsp3) is 0.333. The molecule has 4 heteroatoms. The first-order valence-corrected chi connectivity index (χ1v) is 6.45. The molecule has 2 rings (SSSR count). The van der Waals surface area contributed by atoms with E-state index in [0.717, 1.165) is 24.1 Å². The van der Waals surface area contributed by atoms with E-state index in [9.17, 15) is 0 Å². The van der Waals surface area contributed by atoms with Crippen molar-refractivity contribution in [2.24, 2.45) is 0 Å². The third-order valence-corrected chi connectivity index (χ3v) is 2.89. The average molecular weight is 257 g/mol. The van der Waals surface area contributed by atoms with Gasteiger partial charge in [-0.1, -0.05) is 43.7 Å². The molecule has 1 heterocycles. The van der Waals surface area contributed by atoms with E-state index in [1.54, 1.807) is 7.11 Å². The van der Waals surface area contributed by atoms with Gasteiger partial charge < -0.3 is 10.5 Å². The van der Waals surface area contributed by atoms with Crippen molar-refractivity contribution in [3.8, 4) is 0 Å². The summed E-state index contributed by atoms with van der Waals surface area (Å²) in [6, 6.07) is 11.7. The van der Waals surface area contributed by atoms with Crippen LogP contribution in [0.25, 0.3) is 0 Å². The van der Waals surface area contributed by atoms with E-state index in [4.69, 9.17) is 10.5 Å². The Morgan fingerprint density at radius 3 is 2.58 bits per heavy atom. The summed E-state index contributed by atoms with van der Waals surface area (Å²) in [5, 5.41) is 0. The van der Waals surface area contributed by atoms with E-state index in [2.05, 4.69) is 16.9 Å². The molecule has 19 heavy (non-hydrogen) atoms. The smallest absolute Gasteiger partial charge is 0.164 e. The summed E-state index contributed by atoms with van der Waals surface area (Å²) in [5.74, 6) is 1.11. The van der Waals surface area contributed by atoms with Crippen LogP contribution in [0.5, 0.6) is 0 Å². The summed E-state index contributed by atoms with van der Waals surface area (Å²) in [7, 11) is 1.66. The molecule has 0 radical (unpaired) electrons. The first kappa shape index (κ1) is 13.5. The molecule has 0 aliphatic carbocycles. The Labute approximate surface area is 113 Å². The lowest BCUT2D eigenvalue weighted by Crippen LogP contribution is -2.11. The van der Waals surface area contributed by atoms with Crippen LogP contribution in [-0.2, 0) is 11.2 Å². The van der Waals surface area contributed by atoms with Crippen LogP contribution in [-0.4, -0.2) is 17.1 Å². The van der Waals surface area contributed by atoms with E-state index in [-0.39, 0.29) is 6.10 Å². The van der Waals surface area contributed by atoms with Crippen LogP contribution in [0.2, 0.25) is 0 Å². The number of aryl methyl sites for hydroxylation is 1. The fourth-order valence-electron chi connectivity index (χ4n) is 2.06. The van der Waals surface area contributed by atoms with Crippen LogP contribution in [0.4, 0.5) is 5.82 Å². The Kier molecular flexibility index (Phi) is 4.47. The lowest BCUT2D eigenvalue weighted by atomic mass is 10.1. The third kappa shape index (κ3) is 3.29. The molecule has 1 aromatic heterocycles. The van der Waals surface area contributed by atoms with E-state index in [1.165, 1.54) is 0 Å². The summed E-state index contributed by atoms with van der Waals surface area (Å²) < 4.78 is 5.53. The number of hydrogen-bond donors (Lipinski definition) is 1. The highest BCUT2D eigenvalue weighted by molar-refractivity contribution is 5.32. The van der Waals surface area contributed by atoms with Gasteiger partial charge in [-0.15, -0.1) is 0 Å². The third-order valence-electron chi connectivity index (χ3n) is 2.89. The molecule has 1 aromatic carbocycles. The largest absolute Gasteiger partial charge is 0.384 e. The normalized spacial score (nSPS) is 12.3. The van der Waals surface area contributed by atoms with Crippen LogP contribution in [0.3, 0.4) is 0 Å². The average Bonchev–Trinajstić information content (AvgIpc) is 2.40. The van der Waals surface area contributed by atoms with Gasteiger partial charge in [0, 0.05) is 18.9 Å². The predicted molar refractivity (Wildman–Crippen MR) is 75.7 cm³/mol. The standard InChI is InChI=1S/C15H19N3O/c1-3-7-12-10-13(16)18-15(17-12)14(19-2)11-8-5-4-6-9-11/h4-6,8-10,14H,3,7H2,1-2H3,(H2,16,17,18). The van der Waals surface area contributed by atoms with Crippen LogP contribution in [0.15, 0.2) is 36.4 Å². The second-order valence-electron chi connectivity index (χ2n) is 4.42. The summed E-state index contributed by atoms with van der Waals surface area (Å²) in [4.78, 5) is 8.86. The second-order valence-corrected chi connectivity index (χ2v) is 4.42. The molecule has 0 aliphatic heterocycles. The Balaban J connectivity index is 2.38. The molecule has 0 bridgehead atoms. The van der Waals surface area contributed by atoms with Gasteiger partial charge in [-0.05, 0) is 12.0 Å². The number of hydrogen-bond acceptors (Lipinski definition) is 4. The highest BCUT2D eigenvalue weighted by Gasteiger charge is 2.17. The zero-order valence-corrected chi connectivity index (χ0v) is 11.3. The molecular weight excluding hydrogens is 238 g/mol. The fourth-order valence-corrected chi connectivity index (χ4v) is 2.06. The van der Waals surface area contributed by atoms with Gasteiger partial charge in [0.15, 0.2) is 5.82 Å². The lowest BCUT2D eigenvalue weighted by molar-refractivity contribution is 0.129. The molecule has 0 amide bonds. The first-order chi connectivity index (χ1) is 9.24. The van der Waals surface area contributed by atoms with Crippen molar-refractivity contribution in [3.05, 3.63) is 53.5 Å². The highest BCUT2D eigenvalue weighted by atomic mass is 16.5. The summed E-state index contributed by atoms with van der Waals surface area (Å²) >= 11 is 0. The zero-order chi connectivity index (χ0) is 13.7. The molecule has 2 N–H and O–H groups in total. The monoisotopic (exact) mass is 257 g/mol. The predicted octanol–water partition coefficient (Wildman–Crippen LogP) is 2.75. The van der Waals surface area contributed by atoms with Crippen molar-refractivity contribution in [1.82, 2.24) is 9.97 Å². The Bertz CT molecular complexity index is 528. The Hall–Kier alpha value is -1.94. The first-order valence-electron chi connectivity index (χ1n) is 6.45. The van der Waals surface area contributed by atoms with Gasteiger partial charge in [0.05, 0.1) is 0 Å². The van der Waals surface area contributed by atoms with Gasteiger partial charge in [0.25, 0.3) is 0 Å². The maximum absolute atomic E-state index is 5.85. The summed E-state index contributed by atoms with van der Waals surface area (Å²) in [5.41, 5.74) is 7.84. The van der Waals surface area contributed by atoms with Crippen LogP contribution >= 0.6 is 0 Å². The van der Waals surface area contributed by atoms with Crippen LogP contribution < -0.4 is 5.73 Å². The number of benzene rings is 1. The molecule has 0 saturated carbocycles. The topological polar surface area (TPSA) is 61.0 Å². The van der Waals surface area contributed by atoms with E-state index >= 15 is 0 Å². The van der Waals surface area contributed by atoms with E-state index in [1.807, 2.05) is 36.4 Å². The molecular formula is C15H19N3O. The molecule has 0 fully saturated rings. The van der Waals surface area contributed by atoms with Gasteiger partial charge in [-0.25, -0.2) is 9.97 Å². The quantitative estimate of drug-likeness (QED) is 0.894. The van der Waals surface area contributed by atoms with Gasteiger partial charge >= 0.3 is 0 Å². The molecule has 4 nitrogen and oxygen atoms in total. The van der Waals surface area contributed by atoms with Crippen LogP contribution in [0.1, 0.15) is 36.5 Å². The van der Waals surface area contributed by atoms with Gasteiger partial charge in [0.2, 0.25) is 0 Å². The number of nitrogen functional groups attached to an aromatic ring is 1. The minimum absolute atomic E-state index is 0.277. The van der Waals surface area contributed by atoms with Gasteiger partial charge in [-0.3, -0.25) is 0 Å². The molecule has 1 atom stereocenters. The maximum atomic E-state index is 5.85. The molecule has 1 unspecified atom stereocenters. The number of aromatic nitrogens is 2. The van der Waals surface area contributed by atoms with Gasteiger partial charge in [-0.2, -0.15) is 0 Å².